The Kier molecular flexibility index (Phi) is 6.67. The Labute approximate surface area is 156 Å². The first-order valence-electron chi connectivity index (χ1n) is 9.43. The number of hydrogen-bond donors (Lipinski definition) is 1. The van der Waals surface area contributed by atoms with Gasteiger partial charge in [0.05, 0.1) is 13.7 Å². The Morgan fingerprint density at radius 3 is 2.69 bits per heavy atom. The zero-order valence-corrected chi connectivity index (χ0v) is 15.5. The molecular formula is C22H28N2O2. The number of para-hydroxylation sites is 1. The van der Waals surface area contributed by atoms with Crippen molar-refractivity contribution in [3.8, 4) is 5.75 Å². The molecule has 1 fully saturated rings. The molecule has 0 bridgehead atoms. The topological polar surface area (TPSA) is 41.6 Å². The van der Waals surface area contributed by atoms with Crippen LogP contribution in [0.3, 0.4) is 0 Å². The molecule has 0 aromatic heterocycles. The number of benzene rings is 2. The fraction of sp³-hybridized carbons (Fsp3) is 0.409. The number of carbonyl (C=O) groups excluding carboxylic acids is 1. The van der Waals surface area contributed by atoms with Crippen molar-refractivity contribution in [3.05, 3.63) is 65.7 Å². The summed E-state index contributed by atoms with van der Waals surface area (Å²) in [6.45, 7) is 1.96. The first-order chi connectivity index (χ1) is 12.8. The minimum absolute atomic E-state index is 0.0795. The van der Waals surface area contributed by atoms with E-state index in [1.54, 1.807) is 7.11 Å². The number of piperidine rings is 1. The number of amides is 1. The highest BCUT2D eigenvalue weighted by molar-refractivity contribution is 5.78. The maximum atomic E-state index is 12.5. The second-order valence-corrected chi connectivity index (χ2v) is 6.90. The molecule has 1 aliphatic rings. The zero-order valence-electron chi connectivity index (χ0n) is 15.5. The highest BCUT2D eigenvalue weighted by Crippen LogP contribution is 2.21. The molecule has 1 N–H and O–H groups in total. The van der Waals surface area contributed by atoms with Crippen molar-refractivity contribution < 1.29 is 9.53 Å². The molecule has 1 heterocycles. The summed E-state index contributed by atoms with van der Waals surface area (Å²) < 4.78 is 5.35. The number of ether oxygens (including phenoxy) is 1. The van der Waals surface area contributed by atoms with Crippen molar-refractivity contribution in [1.29, 1.82) is 0 Å². The molecule has 1 atom stereocenters. The standard InChI is InChI=1S/C22H28N2O2/c1-26-21-13-6-5-11-19(21)16-23-22(25)17-24-14-8-7-12-20(24)15-18-9-3-2-4-10-18/h2-6,9-11,13,20H,7-8,12,14-17H2,1H3,(H,23,25). The predicted octanol–water partition coefficient (Wildman–Crippen LogP) is 3.41. The van der Waals surface area contributed by atoms with Crippen LogP contribution in [-0.4, -0.2) is 37.0 Å². The van der Waals surface area contributed by atoms with E-state index >= 15 is 0 Å². The molecule has 138 valence electrons. The van der Waals surface area contributed by atoms with Gasteiger partial charge in [-0.05, 0) is 37.4 Å². The number of carbonyl (C=O) groups is 1. The molecule has 0 aliphatic carbocycles. The van der Waals surface area contributed by atoms with Gasteiger partial charge in [-0.25, -0.2) is 0 Å². The number of methoxy groups -OCH3 is 1. The quantitative estimate of drug-likeness (QED) is 0.830. The van der Waals surface area contributed by atoms with Gasteiger partial charge in [-0.2, -0.15) is 0 Å². The highest BCUT2D eigenvalue weighted by atomic mass is 16.5. The van der Waals surface area contributed by atoms with E-state index in [0.29, 0.717) is 19.1 Å². The minimum Gasteiger partial charge on any atom is -0.496 e. The normalized spacial score (nSPS) is 17.7. The van der Waals surface area contributed by atoms with Gasteiger partial charge in [0.2, 0.25) is 5.91 Å². The van der Waals surface area contributed by atoms with Gasteiger partial charge in [0.15, 0.2) is 0 Å². The van der Waals surface area contributed by atoms with Crippen LogP contribution in [0.1, 0.15) is 30.4 Å². The summed E-state index contributed by atoms with van der Waals surface area (Å²) >= 11 is 0. The van der Waals surface area contributed by atoms with Gasteiger partial charge in [-0.15, -0.1) is 0 Å². The average molecular weight is 352 g/mol. The van der Waals surface area contributed by atoms with Crippen LogP contribution in [-0.2, 0) is 17.8 Å². The second-order valence-electron chi connectivity index (χ2n) is 6.90. The van der Waals surface area contributed by atoms with E-state index in [9.17, 15) is 4.79 Å². The highest BCUT2D eigenvalue weighted by Gasteiger charge is 2.24. The molecule has 1 unspecified atom stereocenters. The lowest BCUT2D eigenvalue weighted by molar-refractivity contribution is -0.123. The molecule has 0 radical (unpaired) electrons. The van der Waals surface area contributed by atoms with Gasteiger partial charge < -0.3 is 10.1 Å². The van der Waals surface area contributed by atoms with E-state index in [-0.39, 0.29) is 5.91 Å². The summed E-state index contributed by atoms with van der Waals surface area (Å²) in [6, 6.07) is 18.8. The maximum absolute atomic E-state index is 12.5. The van der Waals surface area contributed by atoms with Crippen molar-refractivity contribution in [1.82, 2.24) is 10.2 Å². The number of hydrogen-bond acceptors (Lipinski definition) is 3. The SMILES string of the molecule is COc1ccccc1CNC(=O)CN1CCCCC1Cc1ccccc1. The predicted molar refractivity (Wildman–Crippen MR) is 104 cm³/mol. The van der Waals surface area contributed by atoms with E-state index in [1.165, 1.54) is 18.4 Å². The third kappa shape index (κ3) is 5.09. The van der Waals surface area contributed by atoms with E-state index < -0.39 is 0 Å². The van der Waals surface area contributed by atoms with Gasteiger partial charge in [0.1, 0.15) is 5.75 Å². The monoisotopic (exact) mass is 352 g/mol. The smallest absolute Gasteiger partial charge is 0.234 e. The number of nitrogens with zero attached hydrogens (tertiary/aromatic N) is 1. The van der Waals surface area contributed by atoms with E-state index in [4.69, 9.17) is 4.74 Å². The van der Waals surface area contributed by atoms with Crippen molar-refractivity contribution in [2.75, 3.05) is 20.2 Å². The molecule has 1 saturated heterocycles. The van der Waals surface area contributed by atoms with Crippen LogP contribution in [0.25, 0.3) is 0 Å². The maximum Gasteiger partial charge on any atom is 0.234 e. The van der Waals surface area contributed by atoms with Crippen LogP contribution in [0.15, 0.2) is 54.6 Å². The molecule has 4 heteroatoms. The van der Waals surface area contributed by atoms with Gasteiger partial charge in [-0.1, -0.05) is 55.0 Å². The minimum atomic E-state index is 0.0795. The Morgan fingerprint density at radius 1 is 1.12 bits per heavy atom. The fourth-order valence-electron chi connectivity index (χ4n) is 3.67. The lowest BCUT2D eigenvalue weighted by Crippen LogP contribution is -2.46. The van der Waals surface area contributed by atoms with Crippen LogP contribution < -0.4 is 10.1 Å². The van der Waals surface area contributed by atoms with Gasteiger partial charge in [0, 0.05) is 18.2 Å². The lowest BCUT2D eigenvalue weighted by atomic mass is 9.95. The zero-order chi connectivity index (χ0) is 18.2. The first-order valence-corrected chi connectivity index (χ1v) is 9.43. The van der Waals surface area contributed by atoms with Gasteiger partial charge >= 0.3 is 0 Å². The van der Waals surface area contributed by atoms with E-state index in [1.807, 2.05) is 30.3 Å². The molecule has 3 rings (SSSR count). The largest absolute Gasteiger partial charge is 0.496 e. The molecule has 0 saturated carbocycles. The van der Waals surface area contributed by atoms with Crippen LogP contribution in [0, 0.1) is 0 Å². The molecule has 2 aromatic rings. The van der Waals surface area contributed by atoms with Crippen molar-refractivity contribution in [2.45, 2.75) is 38.3 Å². The summed E-state index contributed by atoms with van der Waals surface area (Å²) in [5.41, 5.74) is 2.35. The number of rotatable bonds is 7. The van der Waals surface area contributed by atoms with Crippen LogP contribution >= 0.6 is 0 Å². The molecule has 1 amide bonds. The van der Waals surface area contributed by atoms with Crippen LogP contribution in [0.2, 0.25) is 0 Å². The summed E-state index contributed by atoms with van der Waals surface area (Å²) in [5, 5.41) is 3.04. The van der Waals surface area contributed by atoms with Crippen LogP contribution in [0.5, 0.6) is 5.75 Å². The van der Waals surface area contributed by atoms with Crippen LogP contribution in [0.4, 0.5) is 0 Å². The summed E-state index contributed by atoms with van der Waals surface area (Å²) in [4.78, 5) is 14.8. The van der Waals surface area contributed by atoms with E-state index in [2.05, 4.69) is 34.5 Å². The van der Waals surface area contributed by atoms with Crippen molar-refractivity contribution >= 4 is 5.91 Å². The number of nitrogens with one attached hydrogen (secondary N) is 1. The van der Waals surface area contributed by atoms with Crippen molar-refractivity contribution in [3.63, 3.8) is 0 Å². The van der Waals surface area contributed by atoms with Crippen molar-refractivity contribution in [2.24, 2.45) is 0 Å². The Morgan fingerprint density at radius 2 is 1.88 bits per heavy atom. The second kappa shape index (κ2) is 9.39. The lowest BCUT2D eigenvalue weighted by Gasteiger charge is -2.35. The molecule has 0 spiro atoms. The average Bonchev–Trinajstić information content (AvgIpc) is 2.69. The molecule has 4 nitrogen and oxygen atoms in total. The molecule has 2 aromatic carbocycles. The molecule has 26 heavy (non-hydrogen) atoms. The fourth-order valence-corrected chi connectivity index (χ4v) is 3.67. The summed E-state index contributed by atoms with van der Waals surface area (Å²) in [5.74, 6) is 0.892. The third-order valence-corrected chi connectivity index (χ3v) is 5.08. The Hall–Kier alpha value is -2.33. The Bertz CT molecular complexity index is 702. The number of likely N-dealkylation sites (tertiary alicyclic amines) is 1. The van der Waals surface area contributed by atoms with E-state index in [0.717, 1.165) is 30.7 Å². The molecular weight excluding hydrogens is 324 g/mol. The summed E-state index contributed by atoms with van der Waals surface area (Å²) in [6.07, 6.45) is 4.59. The summed E-state index contributed by atoms with van der Waals surface area (Å²) in [7, 11) is 1.66. The van der Waals surface area contributed by atoms with Gasteiger partial charge in [-0.3, -0.25) is 9.69 Å². The third-order valence-electron chi connectivity index (χ3n) is 5.08. The Balaban J connectivity index is 1.54. The first kappa shape index (κ1) is 18.5. The molecule has 1 aliphatic heterocycles. The van der Waals surface area contributed by atoms with Gasteiger partial charge in [0.25, 0.3) is 0 Å².